The topological polar surface area (TPSA) is 38.7 Å². The molecule has 1 aliphatic rings. The van der Waals surface area contributed by atoms with E-state index in [2.05, 4.69) is 19.0 Å². The Morgan fingerprint density at radius 2 is 2.00 bits per heavy atom. The van der Waals surface area contributed by atoms with Gasteiger partial charge >= 0.3 is 5.97 Å². The van der Waals surface area contributed by atoms with Crippen LogP contribution in [0, 0.1) is 11.2 Å². The van der Waals surface area contributed by atoms with Crippen molar-refractivity contribution >= 4 is 11.7 Å². The Labute approximate surface area is 118 Å². The first-order chi connectivity index (χ1) is 9.37. The number of hydrogen-bond acceptors (Lipinski definition) is 3. The van der Waals surface area contributed by atoms with E-state index in [1.165, 1.54) is 23.8 Å². The van der Waals surface area contributed by atoms with Gasteiger partial charge in [0.2, 0.25) is 0 Å². The number of benzene rings is 1. The van der Waals surface area contributed by atoms with Crippen molar-refractivity contribution in [3.05, 3.63) is 47.3 Å². The summed E-state index contributed by atoms with van der Waals surface area (Å²) in [7, 11) is 0. The van der Waals surface area contributed by atoms with Gasteiger partial charge in [-0.05, 0) is 43.4 Å². The zero-order valence-electron chi connectivity index (χ0n) is 11.9. The maximum absolute atomic E-state index is 13.4. The van der Waals surface area contributed by atoms with Gasteiger partial charge in [0.25, 0.3) is 0 Å². The molecule has 0 fully saturated rings. The van der Waals surface area contributed by atoms with Crippen molar-refractivity contribution in [2.24, 2.45) is 10.6 Å². The minimum atomic E-state index is -0.773. The third-order valence-corrected chi connectivity index (χ3v) is 3.17. The Hall–Kier alpha value is -1.97. The molecule has 0 saturated carbocycles. The van der Waals surface area contributed by atoms with Crippen molar-refractivity contribution in [3.8, 4) is 0 Å². The molecule has 0 aliphatic heterocycles. The molecular weight excluding hydrogens is 257 g/mol. The second-order valence-corrected chi connectivity index (χ2v) is 5.95. The van der Waals surface area contributed by atoms with Crippen molar-refractivity contribution in [1.29, 1.82) is 0 Å². The molecule has 106 valence electrons. The van der Waals surface area contributed by atoms with Crippen LogP contribution in [-0.4, -0.2) is 11.7 Å². The van der Waals surface area contributed by atoms with E-state index >= 15 is 0 Å². The van der Waals surface area contributed by atoms with E-state index < -0.39 is 11.8 Å². The van der Waals surface area contributed by atoms with Crippen molar-refractivity contribution in [3.63, 3.8) is 0 Å². The van der Waals surface area contributed by atoms with Crippen LogP contribution in [0.2, 0.25) is 0 Å². The lowest BCUT2D eigenvalue weighted by atomic mass is 9.77. The first-order valence-electron chi connectivity index (χ1n) is 6.57. The molecule has 0 saturated heterocycles. The molecule has 1 aromatic carbocycles. The quantitative estimate of drug-likeness (QED) is 0.602. The average molecular weight is 275 g/mol. The van der Waals surface area contributed by atoms with Gasteiger partial charge in [-0.3, -0.25) is 0 Å². The predicted octanol–water partition coefficient (Wildman–Crippen LogP) is 4.10. The summed E-state index contributed by atoms with van der Waals surface area (Å²) in [6, 6.07) is 5.70. The van der Waals surface area contributed by atoms with Crippen molar-refractivity contribution in [1.82, 2.24) is 0 Å². The highest BCUT2D eigenvalue weighted by molar-refractivity contribution is 5.97. The number of halogens is 1. The lowest BCUT2D eigenvalue weighted by Crippen LogP contribution is -2.21. The Morgan fingerprint density at radius 3 is 2.65 bits per heavy atom. The fourth-order valence-electron chi connectivity index (χ4n) is 2.53. The highest BCUT2D eigenvalue weighted by Crippen LogP contribution is 2.33. The Bertz CT molecular complexity index is 588. The lowest BCUT2D eigenvalue weighted by molar-refractivity contribution is 0.0509. The number of rotatable bonds is 2. The third-order valence-electron chi connectivity index (χ3n) is 3.17. The molecule has 0 spiro atoms. The summed E-state index contributed by atoms with van der Waals surface area (Å²) in [6.45, 7) is 6.30. The number of hydrogen-bond donors (Lipinski definition) is 0. The van der Waals surface area contributed by atoms with Crippen LogP contribution >= 0.6 is 0 Å². The summed E-state index contributed by atoms with van der Waals surface area (Å²) >= 11 is 0. The highest BCUT2D eigenvalue weighted by Gasteiger charge is 2.25. The molecule has 0 bridgehead atoms. The smallest absolute Gasteiger partial charge is 0.312 e. The maximum Gasteiger partial charge on any atom is 0.368 e. The van der Waals surface area contributed by atoms with Crippen LogP contribution in [0.1, 0.15) is 44.0 Å². The van der Waals surface area contributed by atoms with Gasteiger partial charge in [-0.2, -0.15) is 0 Å². The molecule has 3 nitrogen and oxygen atoms in total. The standard InChI is InChI=1S/C16H18FNO2/c1-11-8-12(10-16(2,3)9-11)18-20-15(19)13-6-4-5-7-14(13)17/h4-8H,9-10H2,1-3H3/b18-12-. The SMILES string of the molecule is CC1=C/C(=N/OC(=O)c2ccccc2F)CC(C)(C)C1. The van der Waals surface area contributed by atoms with Gasteiger partial charge in [-0.15, -0.1) is 0 Å². The van der Waals surface area contributed by atoms with Crippen molar-refractivity contribution in [2.45, 2.75) is 33.6 Å². The van der Waals surface area contributed by atoms with Crippen LogP contribution in [0.4, 0.5) is 4.39 Å². The Balaban J connectivity index is 2.12. The third kappa shape index (κ3) is 3.53. The van der Waals surface area contributed by atoms with Gasteiger partial charge in [0.05, 0.1) is 11.3 Å². The summed E-state index contributed by atoms with van der Waals surface area (Å²) in [5.74, 6) is -1.38. The molecule has 0 atom stereocenters. The molecule has 0 amide bonds. The number of carbonyl (C=O) groups is 1. The number of allylic oxidation sites excluding steroid dienone is 2. The highest BCUT2D eigenvalue weighted by atomic mass is 19.1. The fraction of sp³-hybridized carbons (Fsp3) is 0.375. The second kappa shape index (κ2) is 5.57. The molecule has 20 heavy (non-hydrogen) atoms. The second-order valence-electron chi connectivity index (χ2n) is 5.95. The molecule has 0 N–H and O–H groups in total. The minimum Gasteiger partial charge on any atom is -0.312 e. The minimum absolute atomic E-state index is 0.0993. The van der Waals surface area contributed by atoms with E-state index in [1.807, 2.05) is 13.0 Å². The van der Waals surface area contributed by atoms with Gasteiger partial charge in [0.15, 0.2) is 0 Å². The van der Waals surface area contributed by atoms with Crippen LogP contribution in [0.5, 0.6) is 0 Å². The van der Waals surface area contributed by atoms with E-state index in [0.29, 0.717) is 5.71 Å². The van der Waals surface area contributed by atoms with Gasteiger partial charge in [-0.1, -0.05) is 36.7 Å². The van der Waals surface area contributed by atoms with Crippen molar-refractivity contribution in [2.75, 3.05) is 0 Å². The number of nitrogens with zero attached hydrogens (tertiary/aromatic N) is 1. The Kier molecular flexibility index (Phi) is 4.02. The average Bonchev–Trinajstić information content (AvgIpc) is 2.34. The monoisotopic (exact) mass is 275 g/mol. The van der Waals surface area contributed by atoms with Crippen LogP contribution in [0.25, 0.3) is 0 Å². The molecule has 0 radical (unpaired) electrons. The molecule has 0 aromatic heterocycles. The normalized spacial score (nSPS) is 19.6. The Morgan fingerprint density at radius 1 is 1.30 bits per heavy atom. The zero-order valence-corrected chi connectivity index (χ0v) is 11.9. The van der Waals surface area contributed by atoms with Crippen LogP contribution < -0.4 is 0 Å². The van der Waals surface area contributed by atoms with Gasteiger partial charge in [0.1, 0.15) is 5.82 Å². The fourth-order valence-corrected chi connectivity index (χ4v) is 2.53. The van der Waals surface area contributed by atoms with E-state index in [4.69, 9.17) is 4.84 Å². The van der Waals surface area contributed by atoms with E-state index in [-0.39, 0.29) is 11.0 Å². The number of oxime groups is 1. The molecule has 4 heteroatoms. The van der Waals surface area contributed by atoms with Gasteiger partial charge in [0, 0.05) is 0 Å². The summed E-state index contributed by atoms with van der Waals surface area (Å²) in [6.07, 6.45) is 3.64. The van der Waals surface area contributed by atoms with E-state index in [1.54, 1.807) is 6.07 Å². The summed E-state index contributed by atoms with van der Waals surface area (Å²) in [5.41, 5.74) is 1.90. The predicted molar refractivity (Wildman–Crippen MR) is 76.0 cm³/mol. The van der Waals surface area contributed by atoms with Crippen molar-refractivity contribution < 1.29 is 14.0 Å². The maximum atomic E-state index is 13.4. The zero-order chi connectivity index (χ0) is 14.8. The van der Waals surface area contributed by atoms with Gasteiger partial charge < -0.3 is 4.84 Å². The van der Waals surface area contributed by atoms with Crippen LogP contribution in [-0.2, 0) is 4.84 Å². The van der Waals surface area contributed by atoms with Crippen LogP contribution in [0.3, 0.4) is 0 Å². The molecule has 0 heterocycles. The van der Waals surface area contributed by atoms with Gasteiger partial charge in [-0.25, -0.2) is 9.18 Å². The first kappa shape index (κ1) is 14.4. The molecule has 0 unspecified atom stereocenters. The number of carbonyl (C=O) groups excluding carboxylic acids is 1. The van der Waals surface area contributed by atoms with Crippen LogP contribution in [0.15, 0.2) is 41.1 Å². The lowest BCUT2D eigenvalue weighted by Gasteiger charge is -2.28. The summed E-state index contributed by atoms with van der Waals surface area (Å²) in [4.78, 5) is 16.6. The molecular formula is C16H18FNO2. The van der Waals surface area contributed by atoms with E-state index in [0.717, 1.165) is 12.8 Å². The summed E-state index contributed by atoms with van der Waals surface area (Å²) < 4.78 is 13.4. The summed E-state index contributed by atoms with van der Waals surface area (Å²) in [5, 5.41) is 3.87. The molecule has 1 aromatic rings. The first-order valence-corrected chi connectivity index (χ1v) is 6.57. The largest absolute Gasteiger partial charge is 0.368 e. The molecule has 1 aliphatic carbocycles. The van der Waals surface area contributed by atoms with E-state index in [9.17, 15) is 9.18 Å². The molecule has 2 rings (SSSR count).